The molecule has 0 aliphatic carbocycles. The Kier molecular flexibility index (Phi) is 4.54. The highest BCUT2D eigenvalue weighted by Gasteiger charge is 2.23. The minimum Gasteiger partial charge on any atom is -0.328 e. The van der Waals surface area contributed by atoms with Crippen LogP contribution < -0.4 is 5.73 Å². The lowest BCUT2D eigenvalue weighted by Gasteiger charge is -2.35. The van der Waals surface area contributed by atoms with E-state index < -0.39 is 0 Å². The van der Waals surface area contributed by atoms with Gasteiger partial charge in [-0.05, 0) is 32.6 Å². The monoisotopic (exact) mass is 253 g/mol. The van der Waals surface area contributed by atoms with Crippen LogP contribution in [-0.2, 0) is 13.0 Å². The van der Waals surface area contributed by atoms with Crippen LogP contribution in [0, 0.1) is 0 Å². The number of aromatic nitrogens is 1. The van der Waals surface area contributed by atoms with Crippen molar-refractivity contribution in [1.82, 2.24) is 9.88 Å². The zero-order valence-electron chi connectivity index (χ0n) is 10.9. The Balaban J connectivity index is 1.91. The van der Waals surface area contributed by atoms with E-state index in [0.717, 1.165) is 32.4 Å². The SMILES string of the molecule is CCCc1nc(CN2CCC(N)CC2C)cs1. The standard InChI is InChI=1S/C13H23N3S/c1-3-4-13-15-12(9-17-13)8-16-6-5-11(14)7-10(16)2/h9-11H,3-8,14H2,1-2H3. The van der Waals surface area contributed by atoms with Crippen LogP contribution in [0.25, 0.3) is 0 Å². The first-order valence-electron chi connectivity index (χ1n) is 6.62. The molecule has 0 spiro atoms. The second kappa shape index (κ2) is 5.94. The Bertz CT molecular complexity index is 350. The number of aryl methyl sites for hydroxylation is 1. The molecule has 1 aliphatic heterocycles. The molecular weight excluding hydrogens is 230 g/mol. The minimum atomic E-state index is 0.396. The third kappa shape index (κ3) is 3.50. The van der Waals surface area contributed by atoms with Crippen LogP contribution in [0.15, 0.2) is 5.38 Å². The second-order valence-corrected chi connectivity index (χ2v) is 6.03. The molecule has 0 bridgehead atoms. The van der Waals surface area contributed by atoms with Gasteiger partial charge in [0.25, 0.3) is 0 Å². The second-order valence-electron chi connectivity index (χ2n) is 5.09. The molecule has 0 aromatic carbocycles. The molecule has 0 saturated carbocycles. The third-order valence-electron chi connectivity index (χ3n) is 3.48. The van der Waals surface area contributed by atoms with E-state index in [4.69, 9.17) is 10.7 Å². The summed E-state index contributed by atoms with van der Waals surface area (Å²) in [6.07, 6.45) is 4.54. The largest absolute Gasteiger partial charge is 0.328 e. The predicted octanol–water partition coefficient (Wildman–Crippen LogP) is 2.41. The number of hydrogen-bond acceptors (Lipinski definition) is 4. The fourth-order valence-electron chi connectivity index (χ4n) is 2.45. The summed E-state index contributed by atoms with van der Waals surface area (Å²) >= 11 is 1.80. The molecule has 17 heavy (non-hydrogen) atoms. The van der Waals surface area contributed by atoms with Crippen molar-refractivity contribution in [3.05, 3.63) is 16.1 Å². The smallest absolute Gasteiger partial charge is 0.0928 e. The van der Waals surface area contributed by atoms with Gasteiger partial charge in [0.15, 0.2) is 0 Å². The van der Waals surface area contributed by atoms with Crippen LogP contribution in [0.3, 0.4) is 0 Å². The molecule has 2 heterocycles. The highest BCUT2D eigenvalue weighted by Crippen LogP contribution is 2.20. The van der Waals surface area contributed by atoms with Crippen molar-refractivity contribution in [3.63, 3.8) is 0 Å². The molecule has 2 atom stereocenters. The van der Waals surface area contributed by atoms with Crippen LogP contribution in [0.4, 0.5) is 0 Å². The zero-order chi connectivity index (χ0) is 12.3. The third-order valence-corrected chi connectivity index (χ3v) is 4.44. The molecule has 1 saturated heterocycles. The maximum Gasteiger partial charge on any atom is 0.0928 e. The van der Waals surface area contributed by atoms with E-state index in [-0.39, 0.29) is 0 Å². The number of piperidine rings is 1. The molecule has 4 heteroatoms. The van der Waals surface area contributed by atoms with Crippen LogP contribution in [0.2, 0.25) is 0 Å². The zero-order valence-corrected chi connectivity index (χ0v) is 11.7. The van der Waals surface area contributed by atoms with E-state index in [2.05, 4.69) is 24.1 Å². The summed E-state index contributed by atoms with van der Waals surface area (Å²) in [7, 11) is 0. The highest BCUT2D eigenvalue weighted by atomic mass is 32.1. The average molecular weight is 253 g/mol. The summed E-state index contributed by atoms with van der Waals surface area (Å²) in [6, 6.07) is 0.988. The summed E-state index contributed by atoms with van der Waals surface area (Å²) in [4.78, 5) is 7.20. The average Bonchev–Trinajstić information content (AvgIpc) is 2.71. The first kappa shape index (κ1) is 13.0. The molecule has 96 valence electrons. The molecule has 3 nitrogen and oxygen atoms in total. The Labute approximate surface area is 108 Å². The maximum absolute atomic E-state index is 5.98. The molecule has 2 rings (SSSR count). The van der Waals surface area contributed by atoms with E-state index in [1.54, 1.807) is 11.3 Å². The Morgan fingerprint density at radius 3 is 3.12 bits per heavy atom. The summed E-state index contributed by atoms with van der Waals surface area (Å²) in [5.41, 5.74) is 7.22. The van der Waals surface area contributed by atoms with Crippen molar-refractivity contribution in [2.45, 2.75) is 58.2 Å². The van der Waals surface area contributed by atoms with Gasteiger partial charge in [0.2, 0.25) is 0 Å². The first-order valence-corrected chi connectivity index (χ1v) is 7.50. The number of nitrogens with two attached hydrogens (primary N) is 1. The quantitative estimate of drug-likeness (QED) is 0.896. The number of rotatable bonds is 4. The number of thiazole rings is 1. The van der Waals surface area contributed by atoms with Crippen molar-refractivity contribution in [2.24, 2.45) is 5.73 Å². The lowest BCUT2D eigenvalue weighted by Crippen LogP contribution is -2.45. The molecule has 2 unspecified atom stereocenters. The van der Waals surface area contributed by atoms with Crippen molar-refractivity contribution in [3.8, 4) is 0 Å². The van der Waals surface area contributed by atoms with Gasteiger partial charge < -0.3 is 5.73 Å². The lowest BCUT2D eigenvalue weighted by molar-refractivity contribution is 0.138. The number of likely N-dealkylation sites (tertiary alicyclic amines) is 1. The Hall–Kier alpha value is -0.450. The van der Waals surface area contributed by atoms with E-state index >= 15 is 0 Å². The molecule has 1 aromatic heterocycles. The van der Waals surface area contributed by atoms with E-state index in [1.807, 2.05) is 0 Å². The molecule has 0 radical (unpaired) electrons. The van der Waals surface area contributed by atoms with E-state index in [0.29, 0.717) is 12.1 Å². The summed E-state index contributed by atoms with van der Waals surface area (Å²) < 4.78 is 0. The highest BCUT2D eigenvalue weighted by molar-refractivity contribution is 7.09. The number of nitrogens with zero attached hydrogens (tertiary/aromatic N) is 2. The molecule has 0 amide bonds. The summed E-state index contributed by atoms with van der Waals surface area (Å²) in [6.45, 7) is 6.59. The van der Waals surface area contributed by atoms with Crippen molar-refractivity contribution in [2.75, 3.05) is 6.54 Å². The Morgan fingerprint density at radius 1 is 1.59 bits per heavy atom. The van der Waals surface area contributed by atoms with Gasteiger partial charge in [-0.3, -0.25) is 4.90 Å². The van der Waals surface area contributed by atoms with Gasteiger partial charge >= 0.3 is 0 Å². The van der Waals surface area contributed by atoms with Gasteiger partial charge in [-0.1, -0.05) is 6.92 Å². The first-order chi connectivity index (χ1) is 8.19. The molecular formula is C13H23N3S. The van der Waals surface area contributed by atoms with Crippen LogP contribution >= 0.6 is 11.3 Å². The number of hydrogen-bond donors (Lipinski definition) is 1. The van der Waals surface area contributed by atoms with Crippen molar-refractivity contribution in [1.29, 1.82) is 0 Å². The van der Waals surface area contributed by atoms with Crippen LogP contribution in [0.1, 0.15) is 43.8 Å². The van der Waals surface area contributed by atoms with Gasteiger partial charge in [0, 0.05) is 30.6 Å². The predicted molar refractivity (Wildman–Crippen MR) is 73.2 cm³/mol. The van der Waals surface area contributed by atoms with Crippen molar-refractivity contribution < 1.29 is 0 Å². The maximum atomic E-state index is 5.98. The Morgan fingerprint density at radius 2 is 2.41 bits per heavy atom. The molecule has 1 fully saturated rings. The molecule has 2 N–H and O–H groups in total. The molecule has 1 aliphatic rings. The van der Waals surface area contributed by atoms with E-state index in [1.165, 1.54) is 17.1 Å². The lowest BCUT2D eigenvalue weighted by atomic mass is 9.99. The van der Waals surface area contributed by atoms with Gasteiger partial charge in [0.05, 0.1) is 10.7 Å². The fraction of sp³-hybridized carbons (Fsp3) is 0.769. The normalized spacial score (nSPS) is 26.3. The van der Waals surface area contributed by atoms with E-state index in [9.17, 15) is 0 Å². The van der Waals surface area contributed by atoms with Crippen LogP contribution in [0.5, 0.6) is 0 Å². The van der Waals surface area contributed by atoms with Gasteiger partial charge in [0.1, 0.15) is 0 Å². The van der Waals surface area contributed by atoms with Crippen molar-refractivity contribution >= 4 is 11.3 Å². The minimum absolute atomic E-state index is 0.396. The summed E-state index contributed by atoms with van der Waals surface area (Å²) in [5, 5.41) is 3.50. The summed E-state index contributed by atoms with van der Waals surface area (Å²) in [5.74, 6) is 0. The van der Waals surface area contributed by atoms with Gasteiger partial charge in [-0.15, -0.1) is 11.3 Å². The molecule has 1 aromatic rings. The fourth-order valence-corrected chi connectivity index (χ4v) is 3.34. The van der Waals surface area contributed by atoms with Gasteiger partial charge in [-0.25, -0.2) is 4.98 Å². The van der Waals surface area contributed by atoms with Gasteiger partial charge in [-0.2, -0.15) is 0 Å². The van der Waals surface area contributed by atoms with Crippen LogP contribution in [-0.4, -0.2) is 28.5 Å². The topological polar surface area (TPSA) is 42.2 Å².